The molecule has 0 aromatic heterocycles. The van der Waals surface area contributed by atoms with Crippen LogP contribution in [0, 0.1) is 0 Å². The predicted octanol–water partition coefficient (Wildman–Crippen LogP) is 1.91. The van der Waals surface area contributed by atoms with E-state index < -0.39 is 0 Å². The first kappa shape index (κ1) is 13.3. The summed E-state index contributed by atoms with van der Waals surface area (Å²) >= 11 is 4.90. The Morgan fingerprint density at radius 2 is 1.73 bits per heavy atom. The van der Waals surface area contributed by atoms with Crippen molar-refractivity contribution in [1.29, 1.82) is 0 Å². The normalized spacial score (nSPS) is 7.64. The third kappa shape index (κ3) is 12.8. The lowest BCUT2D eigenvalue weighted by molar-refractivity contribution is 0.811. The molecule has 0 amide bonds. The van der Waals surface area contributed by atoms with Crippen molar-refractivity contribution in [3.8, 4) is 0 Å². The van der Waals surface area contributed by atoms with Crippen molar-refractivity contribution in [2.75, 3.05) is 13.1 Å². The lowest BCUT2D eigenvalue weighted by atomic mass is 10.5. The van der Waals surface area contributed by atoms with Gasteiger partial charge in [0.15, 0.2) is 5.11 Å². The predicted molar refractivity (Wildman–Crippen MR) is 55.9 cm³/mol. The second-order valence-electron chi connectivity index (χ2n) is 1.79. The van der Waals surface area contributed by atoms with Gasteiger partial charge < -0.3 is 10.6 Å². The van der Waals surface area contributed by atoms with E-state index in [1.54, 1.807) is 0 Å². The molecule has 0 radical (unpaired) electrons. The van der Waals surface area contributed by atoms with E-state index in [0.717, 1.165) is 24.6 Å². The molecule has 0 spiro atoms. The Morgan fingerprint density at radius 3 is 2.09 bits per heavy atom. The zero-order chi connectivity index (χ0) is 9.11. The molecule has 0 aromatic rings. The summed E-state index contributed by atoms with van der Waals surface area (Å²) in [5.74, 6) is 0. The Morgan fingerprint density at radius 1 is 1.18 bits per heavy atom. The molecular formula is C8H20N2S. The summed E-state index contributed by atoms with van der Waals surface area (Å²) in [6, 6.07) is 0. The van der Waals surface area contributed by atoms with Crippen LogP contribution < -0.4 is 10.6 Å². The van der Waals surface area contributed by atoms with Crippen LogP contribution in [0.4, 0.5) is 0 Å². The first-order chi connectivity index (χ1) is 5.31. The van der Waals surface area contributed by atoms with E-state index >= 15 is 0 Å². The summed E-state index contributed by atoms with van der Waals surface area (Å²) in [5.41, 5.74) is 0. The molecule has 2 N–H and O–H groups in total. The molecule has 3 heteroatoms. The number of rotatable bonds is 3. The molecule has 11 heavy (non-hydrogen) atoms. The van der Waals surface area contributed by atoms with Crippen LogP contribution in [0.5, 0.6) is 0 Å². The molecule has 0 rings (SSSR count). The van der Waals surface area contributed by atoms with E-state index in [4.69, 9.17) is 12.2 Å². The van der Waals surface area contributed by atoms with Gasteiger partial charge in [-0.3, -0.25) is 0 Å². The van der Waals surface area contributed by atoms with Crippen LogP contribution in [-0.4, -0.2) is 18.2 Å². The van der Waals surface area contributed by atoms with Gasteiger partial charge in [0, 0.05) is 13.1 Å². The minimum atomic E-state index is 0.763. The Hall–Kier alpha value is -0.310. The van der Waals surface area contributed by atoms with Crippen LogP contribution in [0.25, 0.3) is 0 Å². The maximum absolute atomic E-state index is 4.90. The minimum Gasteiger partial charge on any atom is -0.363 e. The standard InChI is InChI=1S/C6H14N2S.C2H6/c1-3-5-8-6(9)7-4-2;1-2/h3-5H2,1-2H3,(H2,7,8,9);1-2H3. The second kappa shape index (κ2) is 12.4. The quantitative estimate of drug-likeness (QED) is 0.642. The van der Waals surface area contributed by atoms with Crippen molar-refractivity contribution >= 4 is 17.3 Å². The van der Waals surface area contributed by atoms with Crippen molar-refractivity contribution in [2.45, 2.75) is 34.1 Å². The Labute approximate surface area is 75.8 Å². The fraction of sp³-hybridized carbons (Fsp3) is 0.875. The van der Waals surface area contributed by atoms with Crippen LogP contribution >= 0.6 is 12.2 Å². The highest BCUT2D eigenvalue weighted by atomic mass is 32.1. The highest BCUT2D eigenvalue weighted by molar-refractivity contribution is 7.80. The fourth-order valence-electron chi connectivity index (χ4n) is 0.462. The van der Waals surface area contributed by atoms with E-state index in [2.05, 4.69) is 17.6 Å². The number of hydrogen-bond donors (Lipinski definition) is 2. The number of nitrogens with one attached hydrogen (secondary N) is 2. The second-order valence-corrected chi connectivity index (χ2v) is 2.19. The van der Waals surface area contributed by atoms with Crippen LogP contribution in [0.3, 0.4) is 0 Å². The maximum atomic E-state index is 4.90. The van der Waals surface area contributed by atoms with E-state index in [1.165, 1.54) is 0 Å². The minimum absolute atomic E-state index is 0.763. The van der Waals surface area contributed by atoms with Gasteiger partial charge in [0.1, 0.15) is 0 Å². The van der Waals surface area contributed by atoms with Crippen LogP contribution in [0.2, 0.25) is 0 Å². The Balaban J connectivity index is 0. The van der Waals surface area contributed by atoms with Crippen molar-refractivity contribution in [2.24, 2.45) is 0 Å². The van der Waals surface area contributed by atoms with E-state index in [1.807, 2.05) is 20.8 Å². The molecule has 0 saturated carbocycles. The van der Waals surface area contributed by atoms with Crippen molar-refractivity contribution in [3.05, 3.63) is 0 Å². The van der Waals surface area contributed by atoms with Gasteiger partial charge in [-0.2, -0.15) is 0 Å². The molecule has 0 unspecified atom stereocenters. The van der Waals surface area contributed by atoms with Gasteiger partial charge in [-0.1, -0.05) is 20.8 Å². The van der Waals surface area contributed by atoms with Gasteiger partial charge >= 0.3 is 0 Å². The highest BCUT2D eigenvalue weighted by Gasteiger charge is 1.87. The zero-order valence-electron chi connectivity index (χ0n) is 8.03. The van der Waals surface area contributed by atoms with Crippen LogP contribution in [-0.2, 0) is 0 Å². The van der Waals surface area contributed by atoms with Gasteiger partial charge in [-0.15, -0.1) is 0 Å². The smallest absolute Gasteiger partial charge is 0.166 e. The first-order valence-electron chi connectivity index (χ1n) is 4.33. The molecule has 0 aliphatic carbocycles. The fourth-order valence-corrected chi connectivity index (χ4v) is 0.708. The van der Waals surface area contributed by atoms with Gasteiger partial charge in [0.05, 0.1) is 0 Å². The van der Waals surface area contributed by atoms with Gasteiger partial charge in [-0.05, 0) is 25.6 Å². The van der Waals surface area contributed by atoms with Gasteiger partial charge in [-0.25, -0.2) is 0 Å². The lowest BCUT2D eigenvalue weighted by Crippen LogP contribution is -2.35. The SMILES string of the molecule is CC.CCCNC(=S)NCC. The zero-order valence-corrected chi connectivity index (χ0v) is 8.85. The molecular weight excluding hydrogens is 156 g/mol. The average Bonchev–Trinajstić information content (AvgIpc) is 2.05. The van der Waals surface area contributed by atoms with Crippen LogP contribution in [0.15, 0.2) is 0 Å². The Bertz CT molecular complexity index is 84.2. The van der Waals surface area contributed by atoms with Gasteiger partial charge in [0.25, 0.3) is 0 Å². The highest BCUT2D eigenvalue weighted by Crippen LogP contribution is 1.70. The lowest BCUT2D eigenvalue weighted by Gasteiger charge is -2.05. The van der Waals surface area contributed by atoms with E-state index in [9.17, 15) is 0 Å². The van der Waals surface area contributed by atoms with E-state index in [-0.39, 0.29) is 0 Å². The first-order valence-corrected chi connectivity index (χ1v) is 4.73. The molecule has 0 aliphatic heterocycles. The summed E-state index contributed by atoms with van der Waals surface area (Å²) in [6.45, 7) is 10.0. The van der Waals surface area contributed by atoms with Gasteiger partial charge in [0.2, 0.25) is 0 Å². The monoisotopic (exact) mass is 176 g/mol. The maximum Gasteiger partial charge on any atom is 0.166 e. The molecule has 0 aliphatic rings. The molecule has 0 heterocycles. The number of hydrogen-bond acceptors (Lipinski definition) is 1. The summed E-state index contributed by atoms with van der Waals surface area (Å²) in [6.07, 6.45) is 1.12. The topological polar surface area (TPSA) is 24.1 Å². The van der Waals surface area contributed by atoms with Crippen molar-refractivity contribution in [1.82, 2.24) is 10.6 Å². The largest absolute Gasteiger partial charge is 0.363 e. The molecule has 0 saturated heterocycles. The average molecular weight is 176 g/mol. The summed E-state index contributed by atoms with van der Waals surface area (Å²) in [5, 5.41) is 6.82. The third-order valence-electron chi connectivity index (χ3n) is 0.873. The summed E-state index contributed by atoms with van der Waals surface area (Å²) in [7, 11) is 0. The van der Waals surface area contributed by atoms with E-state index in [0.29, 0.717) is 0 Å². The van der Waals surface area contributed by atoms with Crippen molar-refractivity contribution < 1.29 is 0 Å². The number of thiocarbonyl (C=S) groups is 1. The molecule has 0 atom stereocenters. The molecule has 0 aromatic carbocycles. The molecule has 0 bridgehead atoms. The van der Waals surface area contributed by atoms with Crippen molar-refractivity contribution in [3.63, 3.8) is 0 Å². The molecule has 2 nitrogen and oxygen atoms in total. The van der Waals surface area contributed by atoms with Crippen LogP contribution in [0.1, 0.15) is 34.1 Å². The third-order valence-corrected chi connectivity index (χ3v) is 1.16. The molecule has 68 valence electrons. The summed E-state index contributed by atoms with van der Waals surface area (Å²) in [4.78, 5) is 0. The molecule has 0 fully saturated rings. The summed E-state index contributed by atoms with van der Waals surface area (Å²) < 4.78 is 0. The Kier molecular flexibility index (Phi) is 15.0.